The normalized spacial score (nSPS) is 30.1. The van der Waals surface area contributed by atoms with Gasteiger partial charge in [-0.2, -0.15) is 0 Å². The highest BCUT2D eigenvalue weighted by atomic mass is 28.4. The second-order valence-corrected chi connectivity index (χ2v) is 9.59. The van der Waals surface area contributed by atoms with E-state index in [2.05, 4.69) is 6.08 Å². The highest BCUT2D eigenvalue weighted by molar-refractivity contribution is 6.67. The van der Waals surface area contributed by atoms with Crippen molar-refractivity contribution in [3.8, 4) is 0 Å². The molecule has 126 valence electrons. The molecule has 1 fully saturated rings. The van der Waals surface area contributed by atoms with E-state index in [1.54, 1.807) is 14.2 Å². The van der Waals surface area contributed by atoms with Gasteiger partial charge in [0.05, 0.1) is 18.8 Å². The minimum atomic E-state index is -2.47. The van der Waals surface area contributed by atoms with Crippen LogP contribution in [0.3, 0.4) is 0 Å². The molecule has 0 spiro atoms. The lowest BCUT2D eigenvalue weighted by Crippen LogP contribution is -2.44. The van der Waals surface area contributed by atoms with Gasteiger partial charge in [-0.1, -0.05) is 12.2 Å². The summed E-state index contributed by atoms with van der Waals surface area (Å²) in [6, 6.07) is 0.662. The highest BCUT2D eigenvalue weighted by Crippen LogP contribution is 2.48. The maximum Gasteiger partial charge on any atom is 0.364 e. The van der Waals surface area contributed by atoms with Crippen LogP contribution in [0.25, 0.3) is 0 Å². The standard InChI is InChI=1S/C15H26O6Si/c1-19-22(10-16,20-2)7-3-6-21-9-13-11-4-5-12(8-11)14(13)15(17)18/h4-5,11-14,16H,3,6-10H2,1-2H3,(H,17,18). The van der Waals surface area contributed by atoms with E-state index < -0.39 is 14.5 Å². The lowest BCUT2D eigenvalue weighted by Gasteiger charge is -2.26. The molecular weight excluding hydrogens is 304 g/mol. The van der Waals surface area contributed by atoms with Crippen LogP contribution >= 0.6 is 0 Å². The van der Waals surface area contributed by atoms with Gasteiger partial charge in [0.15, 0.2) is 0 Å². The Hall–Kier alpha value is -0.733. The Morgan fingerprint density at radius 2 is 1.95 bits per heavy atom. The van der Waals surface area contributed by atoms with Gasteiger partial charge >= 0.3 is 14.5 Å². The number of fused-ring (bicyclic) bond motifs is 2. The van der Waals surface area contributed by atoms with E-state index in [-0.39, 0.29) is 24.0 Å². The first kappa shape index (κ1) is 17.6. The molecule has 0 amide bonds. The fraction of sp³-hybridized carbons (Fsp3) is 0.800. The molecule has 0 aromatic carbocycles. The van der Waals surface area contributed by atoms with Crippen LogP contribution in [0.4, 0.5) is 0 Å². The number of aliphatic hydroxyl groups is 1. The highest BCUT2D eigenvalue weighted by Gasteiger charge is 2.48. The first-order valence-electron chi connectivity index (χ1n) is 7.77. The maximum atomic E-state index is 11.4. The molecule has 4 atom stereocenters. The zero-order valence-corrected chi connectivity index (χ0v) is 14.2. The van der Waals surface area contributed by atoms with Gasteiger partial charge in [-0.3, -0.25) is 4.79 Å². The molecule has 0 heterocycles. The summed E-state index contributed by atoms with van der Waals surface area (Å²) in [6.07, 6.45) is 5.79. The summed E-state index contributed by atoms with van der Waals surface area (Å²) in [5.74, 6) is -0.422. The average Bonchev–Trinajstić information content (AvgIpc) is 3.12. The van der Waals surface area contributed by atoms with Crippen LogP contribution < -0.4 is 0 Å². The summed E-state index contributed by atoms with van der Waals surface area (Å²) >= 11 is 0. The molecule has 2 bridgehead atoms. The first-order chi connectivity index (χ1) is 10.6. The van der Waals surface area contributed by atoms with Crippen molar-refractivity contribution >= 4 is 14.5 Å². The maximum absolute atomic E-state index is 11.4. The monoisotopic (exact) mass is 330 g/mol. The molecule has 7 heteroatoms. The van der Waals surface area contributed by atoms with Crippen molar-refractivity contribution < 1.29 is 28.6 Å². The number of aliphatic hydroxyl groups excluding tert-OH is 1. The zero-order chi connectivity index (χ0) is 16.2. The van der Waals surface area contributed by atoms with E-state index in [1.165, 1.54) is 0 Å². The quantitative estimate of drug-likeness (QED) is 0.355. The number of rotatable bonds is 10. The molecule has 0 aromatic heterocycles. The Balaban J connectivity index is 1.73. The average molecular weight is 330 g/mol. The van der Waals surface area contributed by atoms with Crippen molar-refractivity contribution in [1.29, 1.82) is 0 Å². The van der Waals surface area contributed by atoms with Crippen LogP contribution in [-0.4, -0.2) is 58.4 Å². The van der Waals surface area contributed by atoms with Gasteiger partial charge in [-0.15, -0.1) is 0 Å². The van der Waals surface area contributed by atoms with Crippen LogP contribution in [0.1, 0.15) is 12.8 Å². The minimum absolute atomic E-state index is 0.0712. The lowest BCUT2D eigenvalue weighted by atomic mass is 9.84. The smallest absolute Gasteiger partial charge is 0.364 e. The summed E-state index contributed by atoms with van der Waals surface area (Å²) in [7, 11) is 0.649. The zero-order valence-electron chi connectivity index (χ0n) is 13.2. The van der Waals surface area contributed by atoms with E-state index in [1.807, 2.05) is 6.08 Å². The summed E-state index contributed by atoms with van der Waals surface area (Å²) < 4.78 is 16.4. The number of ether oxygens (including phenoxy) is 1. The van der Waals surface area contributed by atoms with E-state index >= 15 is 0 Å². The third-order valence-corrected chi connectivity index (χ3v) is 8.13. The van der Waals surface area contributed by atoms with Gasteiger partial charge in [0.1, 0.15) is 0 Å². The molecule has 2 N–H and O–H groups in total. The number of carboxylic acids is 1. The number of allylic oxidation sites excluding steroid dienone is 2. The van der Waals surface area contributed by atoms with Crippen LogP contribution in [0.5, 0.6) is 0 Å². The van der Waals surface area contributed by atoms with Gasteiger partial charge in [0, 0.05) is 26.7 Å². The third-order valence-electron chi connectivity index (χ3n) is 5.05. The molecule has 0 aliphatic heterocycles. The Morgan fingerprint density at radius 1 is 1.27 bits per heavy atom. The van der Waals surface area contributed by atoms with E-state index in [0.717, 1.165) is 12.8 Å². The van der Waals surface area contributed by atoms with Crippen molar-refractivity contribution in [2.75, 3.05) is 33.7 Å². The molecule has 0 radical (unpaired) electrons. The Morgan fingerprint density at radius 3 is 2.55 bits per heavy atom. The molecule has 1 saturated carbocycles. The molecule has 6 nitrogen and oxygen atoms in total. The molecule has 2 aliphatic carbocycles. The van der Waals surface area contributed by atoms with Crippen LogP contribution in [-0.2, 0) is 18.4 Å². The third kappa shape index (κ3) is 3.60. The molecule has 0 aromatic rings. The van der Waals surface area contributed by atoms with E-state index in [0.29, 0.717) is 25.2 Å². The number of aliphatic carboxylic acids is 1. The summed E-state index contributed by atoms with van der Waals surface area (Å²) in [6.45, 7) is 1.02. The molecular formula is C15H26O6Si. The van der Waals surface area contributed by atoms with Crippen molar-refractivity contribution in [3.05, 3.63) is 12.2 Å². The summed E-state index contributed by atoms with van der Waals surface area (Å²) in [5, 5.41) is 18.7. The number of hydrogen-bond donors (Lipinski definition) is 2. The predicted molar refractivity (Wildman–Crippen MR) is 82.5 cm³/mol. The second-order valence-electron chi connectivity index (χ2n) is 6.13. The molecule has 4 unspecified atom stereocenters. The summed E-state index contributed by atoms with van der Waals surface area (Å²) in [5.41, 5.74) is 0. The summed E-state index contributed by atoms with van der Waals surface area (Å²) in [4.78, 5) is 11.4. The fourth-order valence-electron chi connectivity index (χ4n) is 3.68. The van der Waals surface area contributed by atoms with Crippen LogP contribution in [0.2, 0.25) is 6.04 Å². The topological polar surface area (TPSA) is 85.2 Å². The van der Waals surface area contributed by atoms with Crippen LogP contribution in [0.15, 0.2) is 12.2 Å². The van der Waals surface area contributed by atoms with Crippen molar-refractivity contribution in [3.63, 3.8) is 0 Å². The van der Waals surface area contributed by atoms with E-state index in [4.69, 9.17) is 13.6 Å². The largest absolute Gasteiger partial charge is 0.481 e. The van der Waals surface area contributed by atoms with Gasteiger partial charge in [0.2, 0.25) is 0 Å². The second kappa shape index (κ2) is 7.70. The number of carboxylic acid groups (broad SMARTS) is 1. The van der Waals surface area contributed by atoms with Gasteiger partial charge in [-0.05, 0) is 30.7 Å². The number of carbonyl (C=O) groups is 1. The minimum Gasteiger partial charge on any atom is -0.481 e. The Bertz CT molecular complexity index is 401. The molecule has 2 rings (SSSR count). The fourth-order valence-corrected chi connectivity index (χ4v) is 5.35. The van der Waals surface area contributed by atoms with Gasteiger partial charge < -0.3 is 23.8 Å². The Labute approximate surface area is 132 Å². The van der Waals surface area contributed by atoms with Crippen LogP contribution in [0, 0.1) is 23.7 Å². The van der Waals surface area contributed by atoms with Crippen molar-refractivity contribution in [2.45, 2.75) is 18.9 Å². The first-order valence-corrected chi connectivity index (χ1v) is 10.00. The molecule has 0 saturated heterocycles. The van der Waals surface area contributed by atoms with Crippen molar-refractivity contribution in [2.24, 2.45) is 23.7 Å². The van der Waals surface area contributed by atoms with Gasteiger partial charge in [-0.25, -0.2) is 0 Å². The Kier molecular flexibility index (Phi) is 6.16. The lowest BCUT2D eigenvalue weighted by molar-refractivity contribution is -0.145. The molecule has 2 aliphatic rings. The van der Waals surface area contributed by atoms with Gasteiger partial charge in [0.25, 0.3) is 0 Å². The SMILES string of the molecule is CO[Si](CO)(CCCOCC1C2C=CC(C2)C1C(=O)O)OC. The number of hydrogen-bond acceptors (Lipinski definition) is 5. The molecule has 22 heavy (non-hydrogen) atoms. The predicted octanol–water partition coefficient (Wildman–Crippen LogP) is 1.18. The van der Waals surface area contributed by atoms with Crippen molar-refractivity contribution in [1.82, 2.24) is 0 Å². The van der Waals surface area contributed by atoms with E-state index in [9.17, 15) is 15.0 Å².